The van der Waals surface area contributed by atoms with Crippen LogP contribution in [0.5, 0.6) is 5.75 Å². The van der Waals surface area contributed by atoms with Gasteiger partial charge >= 0.3 is 0 Å². The van der Waals surface area contributed by atoms with E-state index < -0.39 is 0 Å². The summed E-state index contributed by atoms with van der Waals surface area (Å²) in [4.78, 5) is 17.8. The summed E-state index contributed by atoms with van der Waals surface area (Å²) >= 11 is 0. The number of ether oxygens (including phenoxy) is 2. The van der Waals surface area contributed by atoms with Crippen molar-refractivity contribution in [1.29, 1.82) is 0 Å². The molecule has 1 aliphatic heterocycles. The second-order valence-corrected chi connectivity index (χ2v) is 7.32. The summed E-state index contributed by atoms with van der Waals surface area (Å²) in [7, 11) is 1.76. The third kappa shape index (κ3) is 9.18. The lowest BCUT2D eigenvalue weighted by Crippen LogP contribution is -2.56. The first-order chi connectivity index (χ1) is 13.4. The number of amides is 1. The molecule has 0 aromatic heterocycles. The molecule has 0 radical (unpaired) electrons. The quantitative estimate of drug-likeness (QED) is 0.211. The minimum absolute atomic E-state index is 0. The van der Waals surface area contributed by atoms with Gasteiger partial charge in [0.1, 0.15) is 12.4 Å². The molecule has 0 unspecified atom stereocenters. The molecule has 0 saturated carbocycles. The molecule has 9 heteroatoms. The van der Waals surface area contributed by atoms with Crippen LogP contribution >= 0.6 is 24.0 Å². The number of benzene rings is 1. The molecule has 1 fully saturated rings. The van der Waals surface area contributed by atoms with Crippen LogP contribution in [-0.4, -0.2) is 75.4 Å². The van der Waals surface area contributed by atoms with E-state index in [9.17, 15) is 4.79 Å². The van der Waals surface area contributed by atoms with Gasteiger partial charge in [-0.25, -0.2) is 0 Å². The minimum Gasteiger partial charge on any atom is -0.492 e. The van der Waals surface area contributed by atoms with E-state index in [4.69, 9.17) is 9.47 Å². The molecular formula is C20H34IN5O3. The van der Waals surface area contributed by atoms with Gasteiger partial charge in [0.2, 0.25) is 5.91 Å². The van der Waals surface area contributed by atoms with E-state index in [1.54, 1.807) is 13.1 Å². The molecule has 0 spiro atoms. The SMILES string of the molecule is CN=C(NCCOc1cccc(NC(C)=O)c1)NCC(C)(C)N1CCOCC1.I. The van der Waals surface area contributed by atoms with Crippen molar-refractivity contribution in [1.82, 2.24) is 15.5 Å². The molecule has 1 aliphatic rings. The largest absolute Gasteiger partial charge is 0.492 e. The summed E-state index contributed by atoms with van der Waals surface area (Å²) in [5, 5.41) is 9.40. The highest BCUT2D eigenvalue weighted by molar-refractivity contribution is 14.0. The third-order valence-corrected chi connectivity index (χ3v) is 4.60. The Morgan fingerprint density at radius 3 is 2.66 bits per heavy atom. The molecule has 0 atom stereocenters. The fourth-order valence-electron chi connectivity index (χ4n) is 3.01. The monoisotopic (exact) mass is 519 g/mol. The van der Waals surface area contributed by atoms with Gasteiger partial charge in [0.25, 0.3) is 0 Å². The summed E-state index contributed by atoms with van der Waals surface area (Å²) in [5.41, 5.74) is 0.739. The Morgan fingerprint density at radius 1 is 1.28 bits per heavy atom. The zero-order valence-corrected chi connectivity index (χ0v) is 20.1. The number of halogens is 1. The van der Waals surface area contributed by atoms with Crippen molar-refractivity contribution in [3.05, 3.63) is 24.3 Å². The molecule has 3 N–H and O–H groups in total. The zero-order valence-electron chi connectivity index (χ0n) is 17.8. The first kappa shape index (κ1) is 25.4. The zero-order chi connectivity index (χ0) is 20.4. The van der Waals surface area contributed by atoms with Gasteiger partial charge in [0, 0.05) is 50.9 Å². The number of nitrogens with one attached hydrogen (secondary N) is 3. The lowest BCUT2D eigenvalue weighted by atomic mass is 10.0. The van der Waals surface area contributed by atoms with Gasteiger partial charge in [0.15, 0.2) is 5.96 Å². The predicted octanol–water partition coefficient (Wildman–Crippen LogP) is 1.92. The lowest BCUT2D eigenvalue weighted by Gasteiger charge is -2.41. The molecule has 0 bridgehead atoms. The summed E-state index contributed by atoms with van der Waals surface area (Å²) in [6.45, 7) is 11.3. The number of rotatable bonds is 8. The highest BCUT2D eigenvalue weighted by Gasteiger charge is 2.28. The van der Waals surface area contributed by atoms with Crippen molar-refractivity contribution < 1.29 is 14.3 Å². The highest BCUT2D eigenvalue weighted by atomic mass is 127. The van der Waals surface area contributed by atoms with Crippen LogP contribution < -0.4 is 20.7 Å². The van der Waals surface area contributed by atoms with Crippen LogP contribution in [0.1, 0.15) is 20.8 Å². The second-order valence-electron chi connectivity index (χ2n) is 7.32. The number of guanidine groups is 1. The Morgan fingerprint density at radius 2 is 2.00 bits per heavy atom. The van der Waals surface area contributed by atoms with Crippen LogP contribution in [0.4, 0.5) is 5.69 Å². The smallest absolute Gasteiger partial charge is 0.221 e. The molecule has 0 aliphatic carbocycles. The van der Waals surface area contributed by atoms with Gasteiger partial charge in [-0.3, -0.25) is 14.7 Å². The van der Waals surface area contributed by atoms with Crippen LogP contribution in [0.15, 0.2) is 29.3 Å². The number of hydrogen-bond donors (Lipinski definition) is 3. The summed E-state index contributed by atoms with van der Waals surface area (Å²) in [5.74, 6) is 1.36. The summed E-state index contributed by atoms with van der Waals surface area (Å²) in [6.07, 6.45) is 0. The fraction of sp³-hybridized carbons (Fsp3) is 0.600. The van der Waals surface area contributed by atoms with Crippen LogP contribution in [0.3, 0.4) is 0 Å². The van der Waals surface area contributed by atoms with Gasteiger partial charge in [-0.05, 0) is 26.0 Å². The number of hydrogen-bond acceptors (Lipinski definition) is 5. The highest BCUT2D eigenvalue weighted by Crippen LogP contribution is 2.17. The molecule has 1 aromatic carbocycles. The van der Waals surface area contributed by atoms with Crippen LogP contribution in [0, 0.1) is 0 Å². The van der Waals surface area contributed by atoms with Gasteiger partial charge in [0.05, 0.1) is 19.8 Å². The molecular weight excluding hydrogens is 485 g/mol. The van der Waals surface area contributed by atoms with Crippen molar-refractivity contribution in [3.63, 3.8) is 0 Å². The number of carbonyl (C=O) groups excluding carboxylic acids is 1. The van der Waals surface area contributed by atoms with Crippen LogP contribution in [0.25, 0.3) is 0 Å². The Labute approximate surface area is 190 Å². The van der Waals surface area contributed by atoms with E-state index in [1.165, 1.54) is 6.92 Å². The molecule has 2 rings (SSSR count). The molecule has 1 saturated heterocycles. The predicted molar refractivity (Wildman–Crippen MR) is 127 cm³/mol. The molecule has 29 heavy (non-hydrogen) atoms. The number of nitrogens with zero attached hydrogens (tertiary/aromatic N) is 2. The molecule has 164 valence electrons. The van der Waals surface area contributed by atoms with E-state index in [1.807, 2.05) is 18.2 Å². The lowest BCUT2D eigenvalue weighted by molar-refractivity contribution is -0.114. The van der Waals surface area contributed by atoms with Crippen molar-refractivity contribution in [2.75, 3.05) is 58.4 Å². The van der Waals surface area contributed by atoms with Crippen LogP contribution in [0.2, 0.25) is 0 Å². The van der Waals surface area contributed by atoms with Crippen molar-refractivity contribution in [3.8, 4) is 5.75 Å². The Balaban J connectivity index is 0.00000420. The van der Waals surface area contributed by atoms with Gasteiger partial charge in [-0.1, -0.05) is 6.07 Å². The molecule has 8 nitrogen and oxygen atoms in total. The van der Waals surface area contributed by atoms with E-state index in [0.29, 0.717) is 18.9 Å². The van der Waals surface area contributed by atoms with Gasteiger partial charge in [-0.2, -0.15) is 0 Å². The van der Waals surface area contributed by atoms with Gasteiger partial charge in [-0.15, -0.1) is 24.0 Å². The standard InChI is InChI=1S/C20H33N5O3.HI/c1-16(26)24-17-6-5-7-18(14-17)28-11-8-22-19(21-4)23-15-20(2,3)25-9-12-27-13-10-25;/h5-7,14H,8-13,15H2,1-4H3,(H,24,26)(H2,21,22,23);1H. The van der Waals surface area contributed by atoms with Crippen molar-refractivity contribution in [2.45, 2.75) is 26.3 Å². The number of morpholine rings is 1. The maximum Gasteiger partial charge on any atom is 0.221 e. The molecule has 1 amide bonds. The number of anilines is 1. The van der Waals surface area contributed by atoms with Crippen molar-refractivity contribution >= 4 is 41.5 Å². The third-order valence-electron chi connectivity index (χ3n) is 4.60. The summed E-state index contributed by atoms with van der Waals surface area (Å²) in [6, 6.07) is 7.35. The number of carbonyl (C=O) groups is 1. The topological polar surface area (TPSA) is 87.2 Å². The number of aliphatic imine (C=N–C) groups is 1. The molecule has 1 heterocycles. The minimum atomic E-state index is -0.103. The first-order valence-corrected chi connectivity index (χ1v) is 9.68. The normalized spacial score (nSPS) is 15.2. The van der Waals surface area contributed by atoms with Crippen LogP contribution in [-0.2, 0) is 9.53 Å². The van der Waals surface area contributed by atoms with Gasteiger partial charge < -0.3 is 25.4 Å². The second kappa shape index (κ2) is 12.9. The summed E-state index contributed by atoms with van der Waals surface area (Å²) < 4.78 is 11.2. The maximum absolute atomic E-state index is 11.1. The first-order valence-electron chi connectivity index (χ1n) is 9.68. The van der Waals surface area contributed by atoms with E-state index in [2.05, 4.69) is 39.7 Å². The average molecular weight is 519 g/mol. The van der Waals surface area contributed by atoms with Crippen molar-refractivity contribution in [2.24, 2.45) is 4.99 Å². The fourth-order valence-corrected chi connectivity index (χ4v) is 3.01. The maximum atomic E-state index is 11.1. The van der Waals surface area contributed by atoms with E-state index >= 15 is 0 Å². The Kier molecular flexibility index (Phi) is 11.3. The van der Waals surface area contributed by atoms with E-state index in [-0.39, 0.29) is 35.4 Å². The molecule has 1 aromatic rings. The van der Waals surface area contributed by atoms with E-state index in [0.717, 1.165) is 44.5 Å². The Bertz CT molecular complexity index is 663. The Hall–Kier alpha value is -1.59. The average Bonchev–Trinajstić information content (AvgIpc) is 2.68.